The van der Waals surface area contributed by atoms with Crippen molar-refractivity contribution in [1.29, 1.82) is 0 Å². The predicted molar refractivity (Wildman–Crippen MR) is 62.7 cm³/mol. The van der Waals surface area contributed by atoms with E-state index in [0.29, 0.717) is 32.2 Å². The Morgan fingerprint density at radius 3 is 2.78 bits per heavy atom. The molecule has 18 heavy (non-hydrogen) atoms. The fourth-order valence-corrected chi connectivity index (χ4v) is 2.62. The van der Waals surface area contributed by atoms with Gasteiger partial charge in [0.05, 0.1) is 5.41 Å². The number of carbonyl (C=O) groups is 3. The molecule has 1 unspecified atom stereocenters. The lowest BCUT2D eigenvalue weighted by Crippen LogP contribution is -2.53. The van der Waals surface area contributed by atoms with E-state index >= 15 is 0 Å². The van der Waals surface area contributed by atoms with Gasteiger partial charge in [-0.1, -0.05) is 0 Å². The van der Waals surface area contributed by atoms with Crippen LogP contribution in [0.2, 0.25) is 0 Å². The molecule has 0 spiro atoms. The lowest BCUT2D eigenvalue weighted by Gasteiger charge is -2.38. The highest BCUT2D eigenvalue weighted by Gasteiger charge is 2.41. The molecule has 0 aromatic heterocycles. The summed E-state index contributed by atoms with van der Waals surface area (Å²) in [6.07, 6.45) is 2.16. The summed E-state index contributed by atoms with van der Waals surface area (Å²) in [6, 6.07) is -0.464. The average molecular weight is 254 g/mol. The number of nitrogens with one attached hydrogen (secondary N) is 1. The highest BCUT2D eigenvalue weighted by molar-refractivity contribution is 5.91. The van der Waals surface area contributed by atoms with Crippen LogP contribution in [0, 0.1) is 5.41 Å². The normalized spacial score (nSPS) is 32.2. The molecule has 0 bridgehead atoms. The van der Waals surface area contributed by atoms with E-state index in [1.54, 1.807) is 11.8 Å². The highest BCUT2D eigenvalue weighted by Crippen LogP contribution is 2.30. The van der Waals surface area contributed by atoms with Crippen molar-refractivity contribution in [2.75, 3.05) is 13.1 Å². The molecule has 2 amide bonds. The zero-order valence-electron chi connectivity index (χ0n) is 10.4. The van der Waals surface area contributed by atoms with Gasteiger partial charge in [0.2, 0.25) is 11.8 Å². The first-order chi connectivity index (χ1) is 8.42. The van der Waals surface area contributed by atoms with Crippen LogP contribution in [-0.2, 0) is 14.4 Å². The molecule has 0 radical (unpaired) electrons. The minimum Gasteiger partial charge on any atom is -0.481 e. The molecule has 6 heteroatoms. The van der Waals surface area contributed by atoms with Gasteiger partial charge in [-0.05, 0) is 26.2 Å². The van der Waals surface area contributed by atoms with Crippen LogP contribution in [0.5, 0.6) is 0 Å². The Morgan fingerprint density at radius 1 is 1.50 bits per heavy atom. The molecule has 100 valence electrons. The zero-order chi connectivity index (χ0) is 13.3. The van der Waals surface area contributed by atoms with Crippen molar-refractivity contribution in [3.8, 4) is 0 Å². The van der Waals surface area contributed by atoms with E-state index in [2.05, 4.69) is 5.32 Å². The van der Waals surface area contributed by atoms with E-state index in [1.165, 1.54) is 0 Å². The van der Waals surface area contributed by atoms with Crippen molar-refractivity contribution in [2.45, 2.75) is 38.6 Å². The first-order valence-electron chi connectivity index (χ1n) is 6.24. The van der Waals surface area contributed by atoms with E-state index in [0.717, 1.165) is 0 Å². The van der Waals surface area contributed by atoms with Crippen LogP contribution in [0.25, 0.3) is 0 Å². The molecule has 2 atom stereocenters. The van der Waals surface area contributed by atoms with Gasteiger partial charge in [0.25, 0.3) is 0 Å². The van der Waals surface area contributed by atoms with E-state index in [4.69, 9.17) is 0 Å². The maximum absolute atomic E-state index is 12.2. The number of piperidine rings is 1. The fourth-order valence-electron chi connectivity index (χ4n) is 2.62. The van der Waals surface area contributed by atoms with Gasteiger partial charge >= 0.3 is 5.97 Å². The lowest BCUT2D eigenvalue weighted by atomic mass is 9.82. The summed E-state index contributed by atoms with van der Waals surface area (Å²) in [5.41, 5.74) is -0.865. The molecule has 2 heterocycles. The molecule has 0 aliphatic carbocycles. The van der Waals surface area contributed by atoms with Crippen LogP contribution in [0.3, 0.4) is 0 Å². The summed E-state index contributed by atoms with van der Waals surface area (Å²) in [5, 5.41) is 11.8. The van der Waals surface area contributed by atoms with Gasteiger partial charge in [-0.15, -0.1) is 0 Å². The first kappa shape index (κ1) is 12.9. The van der Waals surface area contributed by atoms with Gasteiger partial charge in [0.15, 0.2) is 0 Å². The minimum absolute atomic E-state index is 0.105. The molecule has 0 aromatic carbocycles. The number of nitrogens with zero attached hydrogens (tertiary/aromatic N) is 1. The van der Waals surface area contributed by atoms with Crippen molar-refractivity contribution in [1.82, 2.24) is 10.2 Å². The Hall–Kier alpha value is -1.59. The summed E-state index contributed by atoms with van der Waals surface area (Å²) in [4.78, 5) is 36.1. The number of amides is 2. The number of carbonyl (C=O) groups excluding carboxylic acids is 2. The number of carboxylic acid groups (broad SMARTS) is 1. The molecule has 6 nitrogen and oxygen atoms in total. The molecule has 2 fully saturated rings. The zero-order valence-corrected chi connectivity index (χ0v) is 10.4. The topological polar surface area (TPSA) is 86.7 Å². The van der Waals surface area contributed by atoms with Crippen molar-refractivity contribution in [3.63, 3.8) is 0 Å². The molecule has 2 saturated heterocycles. The van der Waals surface area contributed by atoms with Crippen molar-refractivity contribution in [3.05, 3.63) is 0 Å². The Bertz CT molecular complexity index is 396. The summed E-state index contributed by atoms with van der Waals surface area (Å²) >= 11 is 0. The molecule has 2 rings (SSSR count). The van der Waals surface area contributed by atoms with Crippen LogP contribution in [0.1, 0.15) is 32.6 Å². The summed E-state index contributed by atoms with van der Waals surface area (Å²) in [6.45, 7) is 2.48. The van der Waals surface area contributed by atoms with Gasteiger partial charge < -0.3 is 15.3 Å². The Kier molecular flexibility index (Phi) is 3.28. The number of aliphatic carboxylic acids is 1. The maximum Gasteiger partial charge on any atom is 0.311 e. The van der Waals surface area contributed by atoms with Gasteiger partial charge in [-0.25, -0.2) is 0 Å². The molecule has 2 N–H and O–H groups in total. The van der Waals surface area contributed by atoms with E-state index < -0.39 is 17.4 Å². The Labute approximate surface area is 105 Å². The van der Waals surface area contributed by atoms with E-state index in [9.17, 15) is 19.5 Å². The van der Waals surface area contributed by atoms with Crippen molar-refractivity contribution in [2.24, 2.45) is 5.41 Å². The second-order valence-electron chi connectivity index (χ2n) is 5.39. The van der Waals surface area contributed by atoms with Crippen LogP contribution < -0.4 is 5.32 Å². The van der Waals surface area contributed by atoms with E-state index in [1.807, 2.05) is 0 Å². The number of likely N-dealkylation sites (tertiary alicyclic amines) is 1. The third kappa shape index (κ3) is 2.32. The fraction of sp³-hybridized carbons (Fsp3) is 0.750. The molecule has 2 aliphatic heterocycles. The molecule has 2 aliphatic rings. The van der Waals surface area contributed by atoms with Crippen LogP contribution in [0.15, 0.2) is 0 Å². The average Bonchev–Trinajstić information content (AvgIpc) is 2.75. The van der Waals surface area contributed by atoms with Gasteiger partial charge in [-0.3, -0.25) is 14.4 Å². The smallest absolute Gasteiger partial charge is 0.311 e. The quantitative estimate of drug-likeness (QED) is 0.725. The Morgan fingerprint density at radius 2 is 2.22 bits per heavy atom. The van der Waals surface area contributed by atoms with Crippen LogP contribution in [-0.4, -0.2) is 46.9 Å². The van der Waals surface area contributed by atoms with Crippen molar-refractivity contribution >= 4 is 17.8 Å². The molecule has 0 aromatic rings. The maximum atomic E-state index is 12.2. The number of carboxylic acids is 1. The van der Waals surface area contributed by atoms with Gasteiger partial charge in [0, 0.05) is 19.5 Å². The minimum atomic E-state index is -0.865. The molecular formula is C12H18N2O4. The predicted octanol–water partition coefficient (Wildman–Crippen LogP) is -0.0217. The largest absolute Gasteiger partial charge is 0.481 e. The van der Waals surface area contributed by atoms with Gasteiger partial charge in [-0.2, -0.15) is 0 Å². The Balaban J connectivity index is 2.03. The third-order valence-electron chi connectivity index (χ3n) is 3.82. The lowest BCUT2D eigenvalue weighted by molar-refractivity contribution is -0.154. The SMILES string of the molecule is CC1(C(=O)O)CCCN(C(=O)[C@@H]2CCC(=O)N2)C1. The summed E-state index contributed by atoms with van der Waals surface area (Å²) in [5.74, 6) is -1.12. The summed E-state index contributed by atoms with van der Waals surface area (Å²) in [7, 11) is 0. The van der Waals surface area contributed by atoms with Gasteiger partial charge in [0.1, 0.15) is 6.04 Å². The van der Waals surface area contributed by atoms with E-state index in [-0.39, 0.29) is 18.4 Å². The van der Waals surface area contributed by atoms with Crippen molar-refractivity contribution < 1.29 is 19.5 Å². The second-order valence-corrected chi connectivity index (χ2v) is 5.39. The number of hydrogen-bond acceptors (Lipinski definition) is 3. The monoisotopic (exact) mass is 254 g/mol. The highest BCUT2D eigenvalue weighted by atomic mass is 16.4. The second kappa shape index (κ2) is 4.59. The number of rotatable bonds is 2. The molecular weight excluding hydrogens is 236 g/mol. The van der Waals surface area contributed by atoms with Crippen LogP contribution >= 0.6 is 0 Å². The molecule has 0 saturated carbocycles. The van der Waals surface area contributed by atoms with Crippen LogP contribution in [0.4, 0.5) is 0 Å². The first-order valence-corrected chi connectivity index (χ1v) is 6.24. The summed E-state index contributed by atoms with van der Waals surface area (Å²) < 4.78 is 0. The third-order valence-corrected chi connectivity index (χ3v) is 3.82. The number of hydrogen-bond donors (Lipinski definition) is 2. The standard InChI is InChI=1S/C12H18N2O4/c1-12(11(17)18)5-2-6-14(7-12)10(16)8-3-4-9(15)13-8/h8H,2-7H2,1H3,(H,13,15)(H,17,18)/t8-,12?/m0/s1.